The number of rotatable bonds is 5. The first-order chi connectivity index (χ1) is 9.61. The number of hydrogen-bond acceptors (Lipinski definition) is 2. The maximum atomic E-state index is 13.7. The van der Waals surface area contributed by atoms with Gasteiger partial charge in [-0.15, -0.1) is 0 Å². The third kappa shape index (κ3) is 3.58. The normalized spacial score (nSPS) is 10.6. The van der Waals surface area contributed by atoms with Gasteiger partial charge in [0.2, 0.25) is 0 Å². The van der Waals surface area contributed by atoms with E-state index in [2.05, 4.69) is 21.2 Å². The van der Waals surface area contributed by atoms with Crippen LogP contribution in [0, 0.1) is 12.7 Å². The van der Waals surface area contributed by atoms with Crippen LogP contribution < -0.4 is 10.1 Å². The number of benzene rings is 2. The summed E-state index contributed by atoms with van der Waals surface area (Å²) in [5.41, 5.74) is 2.66. The van der Waals surface area contributed by atoms with Crippen LogP contribution in [-0.2, 0) is 13.2 Å². The molecule has 106 valence electrons. The Hall–Kier alpha value is -1.39. The standard InChI is InChI=1S/C16H17BrFNO/c1-11-4-3-5-12(9-19-2)16(11)20-10-13-8-14(17)6-7-15(13)18/h3-8,19H,9-10H2,1-2H3. The van der Waals surface area contributed by atoms with Crippen LogP contribution in [0.3, 0.4) is 0 Å². The van der Waals surface area contributed by atoms with Gasteiger partial charge in [0, 0.05) is 22.1 Å². The Labute approximate surface area is 127 Å². The fourth-order valence-corrected chi connectivity index (χ4v) is 2.46. The van der Waals surface area contributed by atoms with Crippen molar-refractivity contribution in [2.75, 3.05) is 7.05 Å². The van der Waals surface area contributed by atoms with E-state index >= 15 is 0 Å². The van der Waals surface area contributed by atoms with Crippen molar-refractivity contribution in [3.05, 3.63) is 63.4 Å². The zero-order valence-corrected chi connectivity index (χ0v) is 13.1. The highest BCUT2D eigenvalue weighted by Crippen LogP contribution is 2.25. The highest BCUT2D eigenvalue weighted by atomic mass is 79.9. The number of nitrogens with one attached hydrogen (secondary N) is 1. The summed E-state index contributed by atoms with van der Waals surface area (Å²) in [5, 5.41) is 3.11. The molecular formula is C16H17BrFNO. The minimum Gasteiger partial charge on any atom is -0.488 e. The third-order valence-corrected chi connectivity index (χ3v) is 3.53. The average molecular weight is 338 g/mol. The highest BCUT2D eigenvalue weighted by molar-refractivity contribution is 9.10. The van der Waals surface area contributed by atoms with Crippen LogP contribution in [0.4, 0.5) is 4.39 Å². The summed E-state index contributed by atoms with van der Waals surface area (Å²) in [4.78, 5) is 0. The first-order valence-electron chi connectivity index (χ1n) is 6.41. The van der Waals surface area contributed by atoms with Crippen molar-refractivity contribution in [2.45, 2.75) is 20.1 Å². The van der Waals surface area contributed by atoms with Crippen molar-refractivity contribution < 1.29 is 9.13 Å². The molecule has 0 saturated heterocycles. The molecule has 0 unspecified atom stereocenters. The molecule has 0 fully saturated rings. The number of halogens is 2. The largest absolute Gasteiger partial charge is 0.488 e. The fourth-order valence-electron chi connectivity index (χ4n) is 2.05. The summed E-state index contributed by atoms with van der Waals surface area (Å²) in [7, 11) is 1.89. The smallest absolute Gasteiger partial charge is 0.129 e. The lowest BCUT2D eigenvalue weighted by molar-refractivity contribution is 0.294. The monoisotopic (exact) mass is 337 g/mol. The molecule has 0 saturated carbocycles. The Morgan fingerprint density at radius 3 is 2.75 bits per heavy atom. The van der Waals surface area contributed by atoms with Crippen LogP contribution in [0.25, 0.3) is 0 Å². The Morgan fingerprint density at radius 1 is 1.20 bits per heavy atom. The second kappa shape index (κ2) is 6.86. The fraction of sp³-hybridized carbons (Fsp3) is 0.250. The van der Waals surface area contributed by atoms with Crippen molar-refractivity contribution in [1.82, 2.24) is 5.32 Å². The van der Waals surface area contributed by atoms with Crippen molar-refractivity contribution in [1.29, 1.82) is 0 Å². The van der Waals surface area contributed by atoms with Crippen LogP contribution in [-0.4, -0.2) is 7.05 Å². The van der Waals surface area contributed by atoms with Crippen LogP contribution in [0.1, 0.15) is 16.7 Å². The van der Waals surface area contributed by atoms with Crippen LogP contribution in [0.2, 0.25) is 0 Å². The quantitative estimate of drug-likeness (QED) is 0.882. The maximum absolute atomic E-state index is 13.7. The summed E-state index contributed by atoms with van der Waals surface area (Å²) in [5.74, 6) is 0.568. The van der Waals surface area contributed by atoms with Crippen molar-refractivity contribution in [3.8, 4) is 5.75 Å². The van der Waals surface area contributed by atoms with Crippen molar-refractivity contribution in [3.63, 3.8) is 0 Å². The Balaban J connectivity index is 2.20. The van der Waals surface area contributed by atoms with Gasteiger partial charge in [0.15, 0.2) is 0 Å². The zero-order valence-electron chi connectivity index (χ0n) is 11.5. The molecule has 0 aliphatic rings. The molecule has 0 bridgehead atoms. The molecular weight excluding hydrogens is 321 g/mol. The molecule has 0 aliphatic carbocycles. The number of hydrogen-bond donors (Lipinski definition) is 1. The number of para-hydroxylation sites is 1. The van der Waals surface area contributed by atoms with Gasteiger partial charge >= 0.3 is 0 Å². The first-order valence-corrected chi connectivity index (χ1v) is 7.21. The second-order valence-corrected chi connectivity index (χ2v) is 5.53. The van der Waals surface area contributed by atoms with Gasteiger partial charge in [0.25, 0.3) is 0 Å². The summed E-state index contributed by atoms with van der Waals surface area (Å²) >= 11 is 3.34. The van der Waals surface area contributed by atoms with E-state index in [-0.39, 0.29) is 12.4 Å². The predicted molar refractivity (Wildman–Crippen MR) is 82.4 cm³/mol. The molecule has 0 radical (unpaired) electrons. The number of aryl methyl sites for hydroxylation is 1. The average Bonchev–Trinajstić information content (AvgIpc) is 2.42. The van der Waals surface area contributed by atoms with Gasteiger partial charge in [-0.2, -0.15) is 0 Å². The van der Waals surface area contributed by atoms with Gasteiger partial charge in [0.1, 0.15) is 18.2 Å². The summed E-state index contributed by atoms with van der Waals surface area (Å²) in [6.07, 6.45) is 0. The highest BCUT2D eigenvalue weighted by Gasteiger charge is 2.09. The molecule has 0 atom stereocenters. The van der Waals surface area contributed by atoms with E-state index < -0.39 is 0 Å². The molecule has 1 N–H and O–H groups in total. The van der Waals surface area contributed by atoms with E-state index in [1.165, 1.54) is 6.07 Å². The summed E-state index contributed by atoms with van der Waals surface area (Å²) in [6, 6.07) is 10.9. The van der Waals surface area contributed by atoms with Gasteiger partial charge in [0.05, 0.1) is 0 Å². The topological polar surface area (TPSA) is 21.3 Å². The van der Waals surface area contributed by atoms with Crippen LogP contribution >= 0.6 is 15.9 Å². The van der Waals surface area contributed by atoms with Gasteiger partial charge < -0.3 is 10.1 Å². The van der Waals surface area contributed by atoms with Gasteiger partial charge in [-0.1, -0.05) is 34.1 Å². The zero-order chi connectivity index (χ0) is 14.5. The lowest BCUT2D eigenvalue weighted by Gasteiger charge is -2.14. The lowest BCUT2D eigenvalue weighted by Crippen LogP contribution is -2.09. The van der Waals surface area contributed by atoms with Crippen LogP contribution in [0.5, 0.6) is 5.75 Å². The summed E-state index contributed by atoms with van der Waals surface area (Å²) < 4.78 is 20.4. The SMILES string of the molecule is CNCc1cccc(C)c1OCc1cc(Br)ccc1F. The molecule has 0 aromatic heterocycles. The Bertz CT molecular complexity index is 601. The van der Waals surface area contributed by atoms with Crippen molar-refractivity contribution >= 4 is 15.9 Å². The third-order valence-electron chi connectivity index (χ3n) is 3.04. The lowest BCUT2D eigenvalue weighted by atomic mass is 10.1. The second-order valence-electron chi connectivity index (χ2n) is 4.62. The Morgan fingerprint density at radius 2 is 2.00 bits per heavy atom. The number of ether oxygens (including phenoxy) is 1. The van der Waals surface area contributed by atoms with E-state index in [4.69, 9.17) is 4.74 Å². The molecule has 4 heteroatoms. The molecule has 2 nitrogen and oxygen atoms in total. The molecule has 2 aromatic carbocycles. The van der Waals surface area contributed by atoms with E-state index in [0.29, 0.717) is 5.56 Å². The van der Waals surface area contributed by atoms with Crippen LogP contribution in [0.15, 0.2) is 40.9 Å². The Kier molecular flexibility index (Phi) is 5.15. The molecule has 2 aromatic rings. The summed E-state index contributed by atoms with van der Waals surface area (Å²) in [6.45, 7) is 2.93. The van der Waals surface area contributed by atoms with E-state index in [1.54, 1.807) is 12.1 Å². The first kappa shape index (κ1) is 15.0. The molecule has 0 heterocycles. The van der Waals surface area contributed by atoms with E-state index in [9.17, 15) is 4.39 Å². The maximum Gasteiger partial charge on any atom is 0.129 e. The van der Waals surface area contributed by atoms with Crippen molar-refractivity contribution in [2.24, 2.45) is 0 Å². The van der Waals surface area contributed by atoms with Gasteiger partial charge in [-0.3, -0.25) is 0 Å². The molecule has 0 spiro atoms. The van der Waals surface area contributed by atoms with E-state index in [0.717, 1.165) is 27.9 Å². The molecule has 20 heavy (non-hydrogen) atoms. The van der Waals surface area contributed by atoms with Gasteiger partial charge in [-0.25, -0.2) is 4.39 Å². The minimum atomic E-state index is -0.253. The molecule has 0 aliphatic heterocycles. The van der Waals surface area contributed by atoms with E-state index in [1.807, 2.05) is 32.2 Å². The molecule has 2 rings (SSSR count). The predicted octanol–water partition coefficient (Wildman–Crippen LogP) is 4.20. The minimum absolute atomic E-state index is 0.215. The molecule has 0 amide bonds. The van der Waals surface area contributed by atoms with Gasteiger partial charge in [-0.05, 0) is 37.7 Å².